The number of unbranched alkanes of at least 4 members (excludes halogenated alkanes) is 22. The zero-order valence-electron chi connectivity index (χ0n) is 39.2. The van der Waals surface area contributed by atoms with Gasteiger partial charge in [0, 0.05) is 6.07 Å². The molecular weight excluding hydrogens is 889 g/mol. The summed E-state index contributed by atoms with van der Waals surface area (Å²) in [7, 11) is -9.06. The number of aromatic hydroxyl groups is 1. The van der Waals surface area contributed by atoms with E-state index in [1.807, 2.05) is 0 Å². The SMILES string of the molecule is CCCCCCCCCCCCCCc1cc(O)cc(Oc2ccccc2S(=O)(=O)O)c1.CCCCCCCCCCCCCCc1cc([O-])cc(Oc2ccccc2S(=O)(=O)[O-])c1.[Ca+2]. The van der Waals surface area contributed by atoms with E-state index < -0.39 is 25.1 Å². The Kier molecular flexibility index (Phi) is 30.1. The fourth-order valence-electron chi connectivity index (χ4n) is 7.76. The zero-order chi connectivity index (χ0) is 46.5. The quantitative estimate of drug-likeness (QED) is 0.0272. The molecule has 13 heteroatoms. The van der Waals surface area contributed by atoms with Gasteiger partial charge in [-0.3, -0.25) is 4.55 Å². The van der Waals surface area contributed by atoms with E-state index in [0.29, 0.717) is 5.75 Å². The Morgan fingerprint density at radius 1 is 0.477 bits per heavy atom. The van der Waals surface area contributed by atoms with Crippen molar-refractivity contribution in [1.29, 1.82) is 0 Å². The van der Waals surface area contributed by atoms with E-state index in [2.05, 4.69) is 13.8 Å². The van der Waals surface area contributed by atoms with Gasteiger partial charge in [0.1, 0.15) is 43.8 Å². The van der Waals surface area contributed by atoms with Gasteiger partial charge in [-0.2, -0.15) is 8.42 Å². The second kappa shape index (κ2) is 33.6. The Balaban J connectivity index is 0.000000440. The average molecular weight is 963 g/mol. The minimum atomic E-state index is -4.66. The number of aryl methyl sites for hydroxylation is 2. The van der Waals surface area contributed by atoms with E-state index in [-0.39, 0.29) is 71.4 Å². The van der Waals surface area contributed by atoms with Gasteiger partial charge in [0.25, 0.3) is 10.1 Å². The summed E-state index contributed by atoms with van der Waals surface area (Å²) in [5.41, 5.74) is 1.80. The molecule has 2 N–H and O–H groups in total. The van der Waals surface area contributed by atoms with Crippen LogP contribution in [-0.4, -0.2) is 68.8 Å². The van der Waals surface area contributed by atoms with Gasteiger partial charge in [0.2, 0.25) is 0 Å². The molecule has 0 aliphatic carbocycles. The van der Waals surface area contributed by atoms with E-state index in [9.17, 15) is 36.2 Å². The van der Waals surface area contributed by atoms with Crippen LogP contribution in [0.3, 0.4) is 0 Å². The third-order valence-electron chi connectivity index (χ3n) is 11.2. The van der Waals surface area contributed by atoms with E-state index in [0.717, 1.165) is 49.7 Å². The number of hydrogen-bond acceptors (Lipinski definition) is 9. The molecule has 0 amide bonds. The summed E-state index contributed by atoms with van der Waals surface area (Å²) in [5, 5.41) is 22.1. The predicted octanol–water partition coefficient (Wildman–Crippen LogP) is 14.0. The standard InChI is InChI=1S/2C26H38O5S.Ca/c2*1-2-3-4-5-6-7-8-9-10-11-12-13-16-22-19-23(27)21-24(20-22)31-25-17-14-15-18-26(25)32(28,29)30;/h2*14-15,17-21,27H,2-13,16H2,1H3,(H,28,29,30);/q;;+2/p-2. The summed E-state index contributed by atoms with van der Waals surface area (Å²) >= 11 is 0. The van der Waals surface area contributed by atoms with E-state index in [4.69, 9.17) is 9.47 Å². The van der Waals surface area contributed by atoms with Crippen molar-refractivity contribution in [2.24, 2.45) is 0 Å². The maximum absolute atomic E-state index is 12.0. The maximum Gasteiger partial charge on any atom is 2.00 e. The molecule has 0 radical (unpaired) electrons. The van der Waals surface area contributed by atoms with Crippen LogP contribution in [0.25, 0.3) is 0 Å². The Bertz CT molecular complexity index is 1970. The number of para-hydroxylation sites is 2. The molecule has 0 fully saturated rings. The minimum absolute atomic E-state index is 0. The summed E-state index contributed by atoms with van der Waals surface area (Å²) < 4.78 is 78.0. The first kappa shape index (κ1) is 58.3. The molecule has 0 bridgehead atoms. The molecule has 0 aliphatic rings. The van der Waals surface area contributed by atoms with Crippen molar-refractivity contribution in [3.63, 3.8) is 0 Å². The Morgan fingerprint density at radius 2 is 0.831 bits per heavy atom. The van der Waals surface area contributed by atoms with Gasteiger partial charge in [0.05, 0.1) is 4.90 Å². The van der Waals surface area contributed by atoms with E-state index in [1.165, 1.54) is 177 Å². The molecule has 0 spiro atoms. The fraction of sp³-hybridized carbons (Fsp3) is 0.538. The van der Waals surface area contributed by atoms with Crippen LogP contribution < -0.4 is 14.6 Å². The Morgan fingerprint density at radius 3 is 1.25 bits per heavy atom. The summed E-state index contributed by atoms with van der Waals surface area (Å²) in [5.74, 6) is 0.429. The van der Waals surface area contributed by atoms with Crippen LogP contribution in [0.15, 0.2) is 94.7 Å². The molecule has 4 rings (SSSR count). The molecule has 356 valence electrons. The molecule has 10 nitrogen and oxygen atoms in total. The number of phenolic OH excluding ortho intramolecular Hbond substituents is 1. The number of hydrogen-bond donors (Lipinski definition) is 2. The number of benzene rings is 4. The minimum Gasteiger partial charge on any atom is -0.872 e. The number of phenols is 1. The molecule has 0 atom stereocenters. The maximum atomic E-state index is 12.0. The predicted molar refractivity (Wildman–Crippen MR) is 260 cm³/mol. The summed E-state index contributed by atoms with van der Waals surface area (Å²) in [4.78, 5) is -0.732. The molecule has 0 saturated heterocycles. The van der Waals surface area contributed by atoms with Crippen LogP contribution in [0.5, 0.6) is 34.5 Å². The second-order valence-electron chi connectivity index (χ2n) is 17.0. The third-order valence-corrected chi connectivity index (χ3v) is 13.0. The molecule has 0 saturated carbocycles. The van der Waals surface area contributed by atoms with Gasteiger partial charge < -0.3 is 24.2 Å². The van der Waals surface area contributed by atoms with Gasteiger partial charge >= 0.3 is 37.7 Å². The van der Waals surface area contributed by atoms with Gasteiger partial charge in [-0.25, -0.2) is 8.42 Å². The van der Waals surface area contributed by atoms with Gasteiger partial charge in [-0.05, 0) is 85.3 Å². The van der Waals surface area contributed by atoms with Crippen molar-refractivity contribution in [3.8, 4) is 34.5 Å². The Hall–Kier alpha value is -2.84. The second-order valence-corrected chi connectivity index (χ2v) is 19.7. The largest absolute Gasteiger partial charge is 2.00 e. The molecule has 4 aromatic carbocycles. The molecule has 65 heavy (non-hydrogen) atoms. The molecule has 4 aromatic rings. The smallest absolute Gasteiger partial charge is 0.872 e. The van der Waals surface area contributed by atoms with Crippen LogP contribution in [0.4, 0.5) is 0 Å². The van der Waals surface area contributed by atoms with Crippen LogP contribution in [0.1, 0.15) is 179 Å². The normalized spacial score (nSPS) is 11.4. The van der Waals surface area contributed by atoms with Crippen molar-refractivity contribution < 1.29 is 45.6 Å². The average Bonchev–Trinajstić information content (AvgIpc) is 3.24. The van der Waals surface area contributed by atoms with Crippen LogP contribution in [0, 0.1) is 0 Å². The first-order chi connectivity index (χ1) is 30.8. The molecule has 0 heterocycles. The van der Waals surface area contributed by atoms with Gasteiger partial charge in [0.15, 0.2) is 0 Å². The van der Waals surface area contributed by atoms with Gasteiger partial charge in [-0.15, -0.1) is 5.75 Å². The summed E-state index contributed by atoms with van der Waals surface area (Å²) in [6.07, 6.45) is 32.4. The summed E-state index contributed by atoms with van der Waals surface area (Å²) in [6, 6.07) is 21.1. The number of ether oxygens (including phenoxy) is 2. The summed E-state index contributed by atoms with van der Waals surface area (Å²) in [6.45, 7) is 4.50. The van der Waals surface area contributed by atoms with Crippen molar-refractivity contribution in [2.75, 3.05) is 0 Å². The van der Waals surface area contributed by atoms with Crippen molar-refractivity contribution in [2.45, 2.75) is 191 Å². The van der Waals surface area contributed by atoms with Crippen molar-refractivity contribution in [3.05, 3.63) is 96.1 Å². The fourth-order valence-corrected chi connectivity index (χ4v) is 8.98. The Labute approximate surface area is 421 Å². The molecule has 0 aliphatic heterocycles. The van der Waals surface area contributed by atoms with E-state index in [1.54, 1.807) is 36.4 Å². The zero-order valence-corrected chi connectivity index (χ0v) is 43.0. The monoisotopic (exact) mass is 962 g/mol. The molecule has 0 aromatic heterocycles. The van der Waals surface area contributed by atoms with Gasteiger partial charge in [-0.1, -0.05) is 185 Å². The molecular formula is C52H74CaO10S2. The van der Waals surface area contributed by atoms with Crippen LogP contribution in [-0.2, 0) is 33.1 Å². The first-order valence-corrected chi connectivity index (χ1v) is 26.8. The first-order valence-electron chi connectivity index (χ1n) is 23.9. The van der Waals surface area contributed by atoms with Crippen molar-refractivity contribution in [1.82, 2.24) is 0 Å². The van der Waals surface area contributed by atoms with Crippen LogP contribution in [0.2, 0.25) is 0 Å². The van der Waals surface area contributed by atoms with Crippen molar-refractivity contribution >= 4 is 58.0 Å². The number of rotatable bonds is 32. The van der Waals surface area contributed by atoms with E-state index >= 15 is 0 Å². The molecule has 0 unspecified atom stereocenters. The third kappa shape index (κ3) is 25.8. The van der Waals surface area contributed by atoms with Crippen LogP contribution >= 0.6 is 0 Å². The topological polar surface area (TPSA) is 173 Å².